The monoisotopic (exact) mass is 360 g/mol. The van der Waals surface area contributed by atoms with E-state index in [4.69, 9.17) is 9.84 Å². The molecule has 2 unspecified atom stereocenters. The zero-order valence-corrected chi connectivity index (χ0v) is 18.6. The second-order valence-electron chi connectivity index (χ2n) is 8.43. The smallest absolute Gasteiger partial charge is 0.160 e. The Labute approximate surface area is 159 Å². The van der Waals surface area contributed by atoms with E-state index in [1.807, 2.05) is 13.8 Å². The van der Waals surface area contributed by atoms with Crippen molar-refractivity contribution in [2.45, 2.75) is 93.0 Å². The van der Waals surface area contributed by atoms with E-state index in [-0.39, 0.29) is 12.4 Å². The summed E-state index contributed by atoms with van der Waals surface area (Å²) in [5.74, 6) is 1.77. The minimum absolute atomic E-state index is 0. The van der Waals surface area contributed by atoms with Gasteiger partial charge in [0.2, 0.25) is 0 Å². The SMILES string of the molecule is C=C.CC.CO.C[C@@H]1CCC2C1C[C@](C)(OC(C)(C)O)[C@@H](C)C2(C)C.[HH]. The lowest BCUT2D eigenvalue weighted by atomic mass is 9.53. The number of rotatable bonds is 2. The van der Waals surface area contributed by atoms with Crippen LogP contribution in [0.2, 0.25) is 0 Å². The van der Waals surface area contributed by atoms with Crippen LogP contribution in [-0.2, 0) is 4.74 Å². The standard InChI is InChI=1S/C17H32O2.C2H6.C2H4.CH4O.H2/c1-11-8-9-14-13(11)10-17(7,19-16(5,6)18)12(2)15(14,3)4;3*1-2;/h11-14,18H,8-10H2,1-7H3;1-2H3;1-2H2;2H,1H3;1H/t11-,12+,13?,14?,17+;;;;/m1..../s1. The molecular weight excluding hydrogens is 312 g/mol. The lowest BCUT2D eigenvalue weighted by Gasteiger charge is -2.56. The van der Waals surface area contributed by atoms with Crippen molar-refractivity contribution in [3.63, 3.8) is 0 Å². The first-order chi connectivity index (χ1) is 11.5. The van der Waals surface area contributed by atoms with Crippen molar-refractivity contribution >= 4 is 0 Å². The molecule has 0 heterocycles. The number of hydrogen-bond donors (Lipinski definition) is 2. The number of hydrogen-bond acceptors (Lipinski definition) is 3. The Morgan fingerprint density at radius 1 is 1.04 bits per heavy atom. The van der Waals surface area contributed by atoms with Crippen molar-refractivity contribution in [1.29, 1.82) is 0 Å². The molecule has 2 N–H and O–H groups in total. The van der Waals surface area contributed by atoms with Gasteiger partial charge in [-0.15, -0.1) is 13.2 Å². The number of aliphatic hydroxyl groups is 2. The molecule has 2 rings (SSSR count). The zero-order valence-electron chi connectivity index (χ0n) is 18.6. The van der Waals surface area contributed by atoms with Crippen LogP contribution in [0.4, 0.5) is 0 Å². The topological polar surface area (TPSA) is 49.7 Å². The summed E-state index contributed by atoms with van der Waals surface area (Å²) in [5, 5.41) is 17.1. The molecule has 0 aliphatic heterocycles. The molecule has 0 aromatic carbocycles. The van der Waals surface area contributed by atoms with Gasteiger partial charge in [0.25, 0.3) is 0 Å². The Balaban J connectivity index is -0.000000686. The van der Waals surface area contributed by atoms with Gasteiger partial charge in [0.15, 0.2) is 5.79 Å². The van der Waals surface area contributed by atoms with Crippen LogP contribution in [0, 0.1) is 29.1 Å². The van der Waals surface area contributed by atoms with Gasteiger partial charge in [-0.25, -0.2) is 0 Å². The predicted molar refractivity (Wildman–Crippen MR) is 112 cm³/mol. The summed E-state index contributed by atoms with van der Waals surface area (Å²) < 4.78 is 6.13. The second-order valence-corrected chi connectivity index (χ2v) is 8.43. The van der Waals surface area contributed by atoms with E-state index >= 15 is 0 Å². The molecule has 2 fully saturated rings. The first-order valence-corrected chi connectivity index (χ1v) is 9.84. The van der Waals surface area contributed by atoms with E-state index in [1.165, 1.54) is 12.8 Å². The Morgan fingerprint density at radius 2 is 1.48 bits per heavy atom. The summed E-state index contributed by atoms with van der Waals surface area (Å²) in [4.78, 5) is 0. The summed E-state index contributed by atoms with van der Waals surface area (Å²) in [7, 11) is 1.00. The highest BCUT2D eigenvalue weighted by Crippen LogP contribution is 2.60. The summed E-state index contributed by atoms with van der Waals surface area (Å²) in [6.45, 7) is 25.2. The fraction of sp³-hybridized carbons (Fsp3) is 0.909. The second kappa shape index (κ2) is 10.7. The highest BCUT2D eigenvalue weighted by Gasteiger charge is 2.57. The third-order valence-corrected chi connectivity index (χ3v) is 6.29. The van der Waals surface area contributed by atoms with Crippen LogP contribution in [-0.4, -0.2) is 28.7 Å². The molecule has 2 aliphatic carbocycles. The molecule has 0 bridgehead atoms. The van der Waals surface area contributed by atoms with E-state index in [2.05, 4.69) is 47.8 Å². The van der Waals surface area contributed by atoms with Gasteiger partial charge in [0.1, 0.15) is 0 Å². The predicted octanol–water partition coefficient (Wildman–Crippen LogP) is 5.90. The quantitative estimate of drug-likeness (QED) is 0.476. The fourth-order valence-corrected chi connectivity index (χ4v) is 4.99. The maximum Gasteiger partial charge on any atom is 0.160 e. The molecule has 0 aromatic heterocycles. The van der Waals surface area contributed by atoms with Crippen molar-refractivity contribution in [3.8, 4) is 0 Å². The molecule has 3 nitrogen and oxygen atoms in total. The van der Waals surface area contributed by atoms with Crippen LogP contribution >= 0.6 is 0 Å². The molecule has 0 aromatic rings. The van der Waals surface area contributed by atoms with Gasteiger partial charge in [-0.1, -0.05) is 48.0 Å². The van der Waals surface area contributed by atoms with Crippen molar-refractivity contribution in [3.05, 3.63) is 13.2 Å². The molecule has 154 valence electrons. The summed E-state index contributed by atoms with van der Waals surface area (Å²) in [6.07, 6.45) is 3.80. The highest BCUT2D eigenvalue weighted by molar-refractivity contribution is 5.06. The maximum atomic E-state index is 10.1. The third kappa shape index (κ3) is 6.37. The molecule has 2 aliphatic rings. The molecule has 5 atom stereocenters. The van der Waals surface area contributed by atoms with Crippen LogP contribution in [0.15, 0.2) is 13.2 Å². The fourth-order valence-electron chi connectivity index (χ4n) is 4.99. The van der Waals surface area contributed by atoms with Crippen molar-refractivity contribution < 1.29 is 16.4 Å². The Morgan fingerprint density at radius 3 is 1.88 bits per heavy atom. The van der Waals surface area contributed by atoms with E-state index < -0.39 is 5.79 Å². The average Bonchev–Trinajstić information content (AvgIpc) is 2.91. The summed E-state index contributed by atoms with van der Waals surface area (Å²) >= 11 is 0. The van der Waals surface area contributed by atoms with E-state index in [1.54, 1.807) is 13.8 Å². The highest BCUT2D eigenvalue weighted by atomic mass is 16.6. The van der Waals surface area contributed by atoms with Gasteiger partial charge in [-0.05, 0) is 62.7 Å². The molecule has 0 radical (unpaired) electrons. The normalized spacial score (nSPS) is 35.7. The van der Waals surface area contributed by atoms with Crippen LogP contribution in [0.5, 0.6) is 0 Å². The van der Waals surface area contributed by atoms with E-state index in [0.717, 1.165) is 31.3 Å². The minimum atomic E-state index is -1.05. The van der Waals surface area contributed by atoms with Gasteiger partial charge >= 0.3 is 0 Å². The number of aliphatic hydroxyl groups excluding tert-OH is 1. The van der Waals surface area contributed by atoms with Crippen molar-refractivity contribution in [2.24, 2.45) is 29.1 Å². The molecule has 0 saturated heterocycles. The largest absolute Gasteiger partial charge is 0.400 e. The first-order valence-electron chi connectivity index (χ1n) is 9.84. The van der Waals surface area contributed by atoms with E-state index in [9.17, 15) is 5.11 Å². The van der Waals surface area contributed by atoms with Gasteiger partial charge in [0, 0.05) is 8.54 Å². The molecule has 0 spiro atoms. The van der Waals surface area contributed by atoms with Gasteiger partial charge in [-0.2, -0.15) is 0 Å². The van der Waals surface area contributed by atoms with Crippen LogP contribution in [0.3, 0.4) is 0 Å². The lowest BCUT2D eigenvalue weighted by Crippen LogP contribution is -2.56. The number of fused-ring (bicyclic) bond motifs is 1. The molecule has 2 saturated carbocycles. The first kappa shape index (κ1) is 26.8. The average molecular weight is 361 g/mol. The minimum Gasteiger partial charge on any atom is -0.400 e. The summed E-state index contributed by atoms with van der Waals surface area (Å²) in [5.41, 5.74) is 0.0647. The van der Waals surface area contributed by atoms with Crippen molar-refractivity contribution in [1.82, 2.24) is 0 Å². The Hall–Kier alpha value is -0.380. The van der Waals surface area contributed by atoms with Crippen LogP contribution < -0.4 is 0 Å². The van der Waals surface area contributed by atoms with Gasteiger partial charge in [-0.3, -0.25) is 0 Å². The maximum absolute atomic E-state index is 10.1. The number of ether oxygens (including phenoxy) is 1. The molecule has 3 heteroatoms. The molecule has 0 amide bonds. The van der Waals surface area contributed by atoms with Gasteiger partial charge < -0.3 is 14.9 Å². The van der Waals surface area contributed by atoms with Crippen LogP contribution in [0.25, 0.3) is 0 Å². The lowest BCUT2D eigenvalue weighted by molar-refractivity contribution is -0.284. The third-order valence-electron chi connectivity index (χ3n) is 6.29. The Bertz CT molecular complexity index is 365. The molecular formula is C22H48O3. The zero-order chi connectivity index (χ0) is 20.6. The van der Waals surface area contributed by atoms with Gasteiger partial charge in [0.05, 0.1) is 5.60 Å². The van der Waals surface area contributed by atoms with Crippen LogP contribution in [0.1, 0.15) is 83.0 Å². The summed E-state index contributed by atoms with van der Waals surface area (Å²) in [6, 6.07) is 0. The Kier molecular flexibility index (Phi) is 11.5. The molecule has 25 heavy (non-hydrogen) atoms. The van der Waals surface area contributed by atoms with Crippen molar-refractivity contribution in [2.75, 3.05) is 7.11 Å². The van der Waals surface area contributed by atoms with E-state index in [0.29, 0.717) is 5.92 Å².